The fraction of sp³-hybridized carbons (Fsp3) is 0.733. The van der Waals surface area contributed by atoms with Gasteiger partial charge in [-0.25, -0.2) is 0 Å². The van der Waals surface area contributed by atoms with Gasteiger partial charge in [-0.3, -0.25) is 9.48 Å². The summed E-state index contributed by atoms with van der Waals surface area (Å²) in [7, 11) is 3.69. The smallest absolute Gasteiger partial charge is 0.274 e. The van der Waals surface area contributed by atoms with Gasteiger partial charge in [0.15, 0.2) is 0 Å². The standard InChI is InChI=1S/C15H26N4O/c1-5-11-13(16)14(19(4)17-11)15(20)18(3)12-9-7-6-8-10(12)2/h10,12H,5-9,16H2,1-4H3. The third kappa shape index (κ3) is 2.53. The molecule has 0 bridgehead atoms. The molecule has 2 N–H and O–H groups in total. The third-order valence-electron chi connectivity index (χ3n) is 4.58. The van der Waals surface area contributed by atoms with Crippen molar-refractivity contribution in [2.24, 2.45) is 13.0 Å². The van der Waals surface area contributed by atoms with Crippen molar-refractivity contribution in [2.75, 3.05) is 12.8 Å². The zero-order valence-corrected chi connectivity index (χ0v) is 13.0. The van der Waals surface area contributed by atoms with E-state index in [9.17, 15) is 4.79 Å². The van der Waals surface area contributed by atoms with Crippen molar-refractivity contribution in [3.63, 3.8) is 0 Å². The average molecular weight is 278 g/mol. The summed E-state index contributed by atoms with van der Waals surface area (Å²) in [4.78, 5) is 14.6. The second kappa shape index (κ2) is 5.85. The maximum absolute atomic E-state index is 12.7. The zero-order chi connectivity index (χ0) is 14.9. The molecule has 1 amide bonds. The number of carbonyl (C=O) groups excluding carboxylic acids is 1. The van der Waals surface area contributed by atoms with Crippen LogP contribution in [0.5, 0.6) is 0 Å². The quantitative estimate of drug-likeness (QED) is 0.922. The van der Waals surface area contributed by atoms with E-state index in [1.807, 2.05) is 18.9 Å². The monoisotopic (exact) mass is 278 g/mol. The first kappa shape index (κ1) is 14.9. The largest absolute Gasteiger partial charge is 0.395 e. The Hall–Kier alpha value is -1.52. The van der Waals surface area contributed by atoms with Crippen LogP contribution < -0.4 is 5.73 Å². The molecule has 1 aromatic heterocycles. The van der Waals surface area contributed by atoms with Crippen LogP contribution in [0.1, 0.15) is 55.7 Å². The van der Waals surface area contributed by atoms with Gasteiger partial charge in [0.25, 0.3) is 5.91 Å². The Morgan fingerprint density at radius 3 is 2.65 bits per heavy atom. The van der Waals surface area contributed by atoms with Crippen molar-refractivity contribution in [3.05, 3.63) is 11.4 Å². The van der Waals surface area contributed by atoms with Crippen molar-refractivity contribution >= 4 is 11.6 Å². The number of amides is 1. The first-order chi connectivity index (χ1) is 9.47. The molecule has 112 valence electrons. The lowest BCUT2D eigenvalue weighted by molar-refractivity contribution is 0.0619. The number of hydrogen-bond acceptors (Lipinski definition) is 3. The number of aryl methyl sites for hydroxylation is 2. The molecule has 5 nitrogen and oxygen atoms in total. The van der Waals surface area contributed by atoms with Gasteiger partial charge in [-0.2, -0.15) is 5.10 Å². The first-order valence-electron chi connectivity index (χ1n) is 7.55. The molecule has 5 heteroatoms. The van der Waals surface area contributed by atoms with Crippen molar-refractivity contribution in [1.82, 2.24) is 14.7 Å². The molecule has 20 heavy (non-hydrogen) atoms. The van der Waals surface area contributed by atoms with Crippen LogP contribution in [0.25, 0.3) is 0 Å². The number of carbonyl (C=O) groups is 1. The first-order valence-corrected chi connectivity index (χ1v) is 7.55. The Morgan fingerprint density at radius 1 is 1.45 bits per heavy atom. The topological polar surface area (TPSA) is 64.2 Å². The van der Waals surface area contributed by atoms with Crippen LogP contribution in [0.4, 0.5) is 5.69 Å². The van der Waals surface area contributed by atoms with Crippen LogP contribution in [0.15, 0.2) is 0 Å². The number of aromatic nitrogens is 2. The fourth-order valence-corrected chi connectivity index (χ4v) is 3.30. The van der Waals surface area contributed by atoms with E-state index in [4.69, 9.17) is 5.73 Å². The van der Waals surface area contributed by atoms with Crippen molar-refractivity contribution < 1.29 is 4.79 Å². The minimum Gasteiger partial charge on any atom is -0.395 e. The second-order valence-electron chi connectivity index (χ2n) is 5.93. The van der Waals surface area contributed by atoms with Gasteiger partial charge in [0.1, 0.15) is 5.69 Å². The van der Waals surface area contributed by atoms with E-state index >= 15 is 0 Å². The van der Waals surface area contributed by atoms with Gasteiger partial charge in [0.2, 0.25) is 0 Å². The molecule has 0 saturated heterocycles. The van der Waals surface area contributed by atoms with Gasteiger partial charge in [0.05, 0.1) is 11.4 Å². The van der Waals surface area contributed by atoms with Crippen molar-refractivity contribution in [3.8, 4) is 0 Å². The van der Waals surface area contributed by atoms with Crippen LogP contribution in [-0.2, 0) is 13.5 Å². The fourth-order valence-electron chi connectivity index (χ4n) is 3.30. The summed E-state index contributed by atoms with van der Waals surface area (Å²) in [5, 5.41) is 4.34. The molecular weight excluding hydrogens is 252 g/mol. The Labute approximate surface area is 121 Å². The highest BCUT2D eigenvalue weighted by Crippen LogP contribution is 2.29. The molecule has 1 fully saturated rings. The van der Waals surface area contributed by atoms with Gasteiger partial charge in [0, 0.05) is 20.1 Å². The summed E-state index contributed by atoms with van der Waals surface area (Å²) in [6.45, 7) is 4.23. The van der Waals surface area contributed by atoms with Crippen molar-refractivity contribution in [1.29, 1.82) is 0 Å². The second-order valence-corrected chi connectivity index (χ2v) is 5.93. The summed E-state index contributed by atoms with van der Waals surface area (Å²) in [6.07, 6.45) is 5.50. The molecule has 1 heterocycles. The molecule has 1 saturated carbocycles. The molecule has 0 radical (unpaired) electrons. The van der Waals surface area contributed by atoms with Gasteiger partial charge >= 0.3 is 0 Å². The summed E-state index contributed by atoms with van der Waals surface area (Å²) in [5.74, 6) is 0.550. The highest BCUT2D eigenvalue weighted by molar-refractivity contribution is 5.98. The Kier molecular flexibility index (Phi) is 4.35. The molecule has 1 aromatic rings. The molecule has 1 aliphatic rings. The SMILES string of the molecule is CCc1nn(C)c(C(=O)N(C)C2CCCCC2C)c1N. The predicted octanol–water partition coefficient (Wildman–Crippen LogP) is 2.22. The minimum absolute atomic E-state index is 0.00375. The minimum atomic E-state index is -0.00375. The van der Waals surface area contributed by atoms with E-state index in [1.165, 1.54) is 19.3 Å². The summed E-state index contributed by atoms with van der Waals surface area (Å²) in [5.41, 5.74) is 7.96. The van der Waals surface area contributed by atoms with E-state index in [2.05, 4.69) is 12.0 Å². The Balaban J connectivity index is 2.24. The maximum Gasteiger partial charge on any atom is 0.274 e. The lowest BCUT2D eigenvalue weighted by Crippen LogP contribution is -2.43. The Bertz CT molecular complexity index is 494. The van der Waals surface area contributed by atoms with Gasteiger partial charge < -0.3 is 10.6 Å². The summed E-state index contributed by atoms with van der Waals surface area (Å²) >= 11 is 0. The number of rotatable bonds is 3. The number of nitrogens with two attached hydrogens (primary N) is 1. The highest BCUT2D eigenvalue weighted by Gasteiger charge is 2.31. The number of nitrogens with zero attached hydrogens (tertiary/aromatic N) is 3. The van der Waals surface area contributed by atoms with E-state index in [-0.39, 0.29) is 5.91 Å². The van der Waals surface area contributed by atoms with E-state index < -0.39 is 0 Å². The lowest BCUT2D eigenvalue weighted by atomic mass is 9.85. The molecular formula is C15H26N4O. The maximum atomic E-state index is 12.7. The van der Waals surface area contributed by atoms with Gasteiger partial charge in [-0.15, -0.1) is 0 Å². The van der Waals surface area contributed by atoms with Gasteiger partial charge in [-0.1, -0.05) is 26.7 Å². The molecule has 0 aliphatic heterocycles. The van der Waals surface area contributed by atoms with Gasteiger partial charge in [-0.05, 0) is 25.2 Å². The molecule has 2 rings (SSSR count). The zero-order valence-electron chi connectivity index (χ0n) is 13.0. The Morgan fingerprint density at radius 2 is 2.10 bits per heavy atom. The molecule has 0 spiro atoms. The number of hydrogen-bond donors (Lipinski definition) is 1. The molecule has 0 aromatic carbocycles. The molecule has 2 atom stereocenters. The number of anilines is 1. The van der Waals surface area contributed by atoms with Crippen LogP contribution >= 0.6 is 0 Å². The van der Waals surface area contributed by atoms with E-state index in [0.717, 1.165) is 18.5 Å². The van der Waals surface area contributed by atoms with Crippen LogP contribution in [0.2, 0.25) is 0 Å². The van der Waals surface area contributed by atoms with Crippen LogP contribution in [-0.4, -0.2) is 33.7 Å². The summed E-state index contributed by atoms with van der Waals surface area (Å²) < 4.78 is 1.63. The number of nitrogen functional groups attached to an aromatic ring is 1. The third-order valence-corrected chi connectivity index (χ3v) is 4.58. The summed E-state index contributed by atoms with van der Waals surface area (Å²) in [6, 6.07) is 0.315. The lowest BCUT2D eigenvalue weighted by Gasteiger charge is -2.36. The van der Waals surface area contributed by atoms with E-state index in [1.54, 1.807) is 11.7 Å². The average Bonchev–Trinajstić information content (AvgIpc) is 2.72. The molecule has 2 unspecified atom stereocenters. The highest BCUT2D eigenvalue weighted by atomic mass is 16.2. The normalized spacial score (nSPS) is 22.8. The predicted molar refractivity (Wildman–Crippen MR) is 80.5 cm³/mol. The van der Waals surface area contributed by atoms with Crippen LogP contribution in [0, 0.1) is 5.92 Å². The van der Waals surface area contributed by atoms with Crippen molar-refractivity contribution in [2.45, 2.75) is 52.0 Å². The van der Waals surface area contributed by atoms with E-state index in [0.29, 0.717) is 23.3 Å². The van der Waals surface area contributed by atoms with Crippen LogP contribution in [0.3, 0.4) is 0 Å². The molecule has 1 aliphatic carbocycles.